The molecular formula is C8H15BrO2S. The molecule has 2 nitrogen and oxygen atoms in total. The molecule has 1 rings (SSSR count). The van der Waals surface area contributed by atoms with E-state index in [1.807, 2.05) is 0 Å². The second-order valence-electron chi connectivity index (χ2n) is 3.13. The van der Waals surface area contributed by atoms with Crippen molar-refractivity contribution in [2.45, 2.75) is 36.7 Å². The van der Waals surface area contributed by atoms with E-state index < -0.39 is 0 Å². The summed E-state index contributed by atoms with van der Waals surface area (Å²) in [6, 6.07) is 0. The van der Waals surface area contributed by atoms with Crippen LogP contribution >= 0.6 is 27.7 Å². The fourth-order valence-corrected chi connectivity index (χ4v) is 3.14. The van der Waals surface area contributed by atoms with Gasteiger partial charge in [0.2, 0.25) is 0 Å². The SMILES string of the molecule is OC1CCC(O)C(SCCBr)C1. The molecule has 3 atom stereocenters. The summed E-state index contributed by atoms with van der Waals surface area (Å²) >= 11 is 5.10. The van der Waals surface area contributed by atoms with Crippen LogP contribution in [0.4, 0.5) is 0 Å². The number of aliphatic hydroxyl groups is 2. The number of halogens is 1. The van der Waals surface area contributed by atoms with Gasteiger partial charge in [0.15, 0.2) is 0 Å². The van der Waals surface area contributed by atoms with Crippen LogP contribution < -0.4 is 0 Å². The smallest absolute Gasteiger partial charge is 0.0660 e. The molecule has 0 aliphatic heterocycles. The van der Waals surface area contributed by atoms with Gasteiger partial charge in [0.05, 0.1) is 12.2 Å². The lowest BCUT2D eigenvalue weighted by Crippen LogP contribution is -2.34. The van der Waals surface area contributed by atoms with E-state index >= 15 is 0 Å². The molecule has 0 spiro atoms. The van der Waals surface area contributed by atoms with Crippen molar-refractivity contribution in [3.63, 3.8) is 0 Å². The number of aliphatic hydroxyl groups excluding tert-OH is 2. The summed E-state index contributed by atoms with van der Waals surface area (Å²) in [6.07, 6.45) is 1.85. The molecule has 2 N–H and O–H groups in total. The molecule has 0 aromatic carbocycles. The third-order valence-corrected chi connectivity index (χ3v) is 4.43. The van der Waals surface area contributed by atoms with Gasteiger partial charge in [-0.05, 0) is 19.3 Å². The van der Waals surface area contributed by atoms with Crippen LogP contribution in [0.5, 0.6) is 0 Å². The topological polar surface area (TPSA) is 40.5 Å². The van der Waals surface area contributed by atoms with Crippen molar-refractivity contribution in [1.82, 2.24) is 0 Å². The number of hydrogen-bond acceptors (Lipinski definition) is 3. The number of alkyl halides is 1. The molecule has 0 bridgehead atoms. The molecular weight excluding hydrogens is 240 g/mol. The highest BCUT2D eigenvalue weighted by atomic mass is 79.9. The lowest BCUT2D eigenvalue weighted by molar-refractivity contribution is 0.0596. The minimum absolute atomic E-state index is 0.193. The van der Waals surface area contributed by atoms with Crippen molar-refractivity contribution >= 4 is 27.7 Å². The lowest BCUT2D eigenvalue weighted by atomic mass is 9.95. The van der Waals surface area contributed by atoms with Gasteiger partial charge in [0.25, 0.3) is 0 Å². The van der Waals surface area contributed by atoms with Gasteiger partial charge in [-0.3, -0.25) is 0 Å². The molecule has 12 heavy (non-hydrogen) atoms. The van der Waals surface area contributed by atoms with E-state index in [1.165, 1.54) is 0 Å². The maximum atomic E-state index is 9.57. The van der Waals surface area contributed by atoms with Gasteiger partial charge in [-0.1, -0.05) is 15.9 Å². The molecule has 4 heteroatoms. The Bertz CT molecular complexity index is 134. The van der Waals surface area contributed by atoms with E-state index in [4.69, 9.17) is 0 Å². The summed E-state index contributed by atoms with van der Waals surface area (Å²) in [6.45, 7) is 0. The summed E-state index contributed by atoms with van der Waals surface area (Å²) in [4.78, 5) is 0. The van der Waals surface area contributed by atoms with Crippen molar-refractivity contribution < 1.29 is 10.2 Å². The quantitative estimate of drug-likeness (QED) is 0.749. The summed E-state index contributed by atoms with van der Waals surface area (Å²) in [5, 5.41) is 20.1. The summed E-state index contributed by atoms with van der Waals surface area (Å²) < 4.78 is 0. The Kier molecular flexibility index (Phi) is 4.94. The number of thioether (sulfide) groups is 1. The minimum Gasteiger partial charge on any atom is -0.393 e. The fourth-order valence-electron chi connectivity index (χ4n) is 1.47. The summed E-state index contributed by atoms with van der Waals surface area (Å²) in [7, 11) is 0. The van der Waals surface area contributed by atoms with E-state index in [1.54, 1.807) is 11.8 Å². The van der Waals surface area contributed by atoms with Gasteiger partial charge < -0.3 is 10.2 Å². The van der Waals surface area contributed by atoms with E-state index in [2.05, 4.69) is 15.9 Å². The zero-order valence-corrected chi connectivity index (χ0v) is 9.35. The van der Waals surface area contributed by atoms with Gasteiger partial charge in [-0.15, -0.1) is 0 Å². The van der Waals surface area contributed by atoms with Crippen LogP contribution in [0.15, 0.2) is 0 Å². The third-order valence-electron chi connectivity index (χ3n) is 2.14. The van der Waals surface area contributed by atoms with Crippen molar-refractivity contribution in [3.05, 3.63) is 0 Å². The van der Waals surface area contributed by atoms with Crippen molar-refractivity contribution in [1.29, 1.82) is 0 Å². The van der Waals surface area contributed by atoms with Crippen LogP contribution in [0.2, 0.25) is 0 Å². The van der Waals surface area contributed by atoms with Crippen molar-refractivity contribution in [3.8, 4) is 0 Å². The molecule has 0 radical (unpaired) electrons. The van der Waals surface area contributed by atoms with Crippen LogP contribution in [-0.2, 0) is 0 Å². The van der Waals surface area contributed by atoms with Crippen molar-refractivity contribution in [2.75, 3.05) is 11.1 Å². The van der Waals surface area contributed by atoms with Crippen LogP contribution in [0, 0.1) is 0 Å². The lowest BCUT2D eigenvalue weighted by Gasteiger charge is -2.30. The second-order valence-corrected chi connectivity index (χ2v) is 5.27. The number of hydrogen-bond donors (Lipinski definition) is 2. The minimum atomic E-state index is -0.211. The highest BCUT2D eigenvalue weighted by Crippen LogP contribution is 2.29. The summed E-state index contributed by atoms with van der Waals surface area (Å²) in [5.74, 6) is 1.01. The van der Waals surface area contributed by atoms with Crippen LogP contribution in [0.25, 0.3) is 0 Å². The van der Waals surface area contributed by atoms with Gasteiger partial charge in [-0.2, -0.15) is 11.8 Å². The van der Waals surface area contributed by atoms with E-state index in [0.717, 1.165) is 30.3 Å². The predicted octanol–water partition coefficient (Wildman–Crippen LogP) is 1.39. The molecule has 0 aromatic rings. The largest absolute Gasteiger partial charge is 0.393 e. The average molecular weight is 255 g/mol. The first kappa shape index (κ1) is 10.8. The molecule has 1 fully saturated rings. The zero-order valence-electron chi connectivity index (χ0n) is 6.95. The van der Waals surface area contributed by atoms with Crippen LogP contribution in [0.1, 0.15) is 19.3 Å². The Hall–Kier alpha value is 0.750. The first-order chi connectivity index (χ1) is 5.74. The Balaban J connectivity index is 2.28. The van der Waals surface area contributed by atoms with E-state index in [0.29, 0.717) is 0 Å². The van der Waals surface area contributed by atoms with Gasteiger partial charge in [-0.25, -0.2) is 0 Å². The zero-order chi connectivity index (χ0) is 8.97. The fraction of sp³-hybridized carbons (Fsp3) is 1.00. The first-order valence-electron chi connectivity index (χ1n) is 4.27. The molecule has 1 aliphatic rings. The number of rotatable bonds is 3. The molecule has 0 saturated heterocycles. The molecule has 1 aliphatic carbocycles. The predicted molar refractivity (Wildman–Crippen MR) is 55.9 cm³/mol. The van der Waals surface area contributed by atoms with Crippen molar-refractivity contribution in [2.24, 2.45) is 0 Å². The standard InChI is InChI=1S/C8H15BrO2S/c9-3-4-12-8-5-6(10)1-2-7(8)11/h6-8,10-11H,1-5H2. The third kappa shape index (κ3) is 3.24. The van der Waals surface area contributed by atoms with E-state index in [9.17, 15) is 10.2 Å². The molecule has 3 unspecified atom stereocenters. The molecule has 0 heterocycles. The highest BCUT2D eigenvalue weighted by Gasteiger charge is 2.27. The highest BCUT2D eigenvalue weighted by molar-refractivity contribution is 9.09. The van der Waals surface area contributed by atoms with Crippen LogP contribution in [0.3, 0.4) is 0 Å². The Labute approximate surface area is 85.9 Å². The second kappa shape index (κ2) is 5.47. The maximum Gasteiger partial charge on any atom is 0.0660 e. The summed E-state index contributed by atoms with van der Waals surface area (Å²) in [5.41, 5.74) is 0. The monoisotopic (exact) mass is 254 g/mol. The van der Waals surface area contributed by atoms with Gasteiger partial charge in [0.1, 0.15) is 0 Å². The maximum absolute atomic E-state index is 9.57. The average Bonchev–Trinajstić information content (AvgIpc) is 2.07. The molecule has 72 valence electrons. The Morgan fingerprint density at radius 1 is 1.33 bits per heavy atom. The molecule has 0 aromatic heterocycles. The Morgan fingerprint density at radius 2 is 2.08 bits per heavy atom. The Morgan fingerprint density at radius 3 is 2.75 bits per heavy atom. The van der Waals surface area contributed by atoms with Gasteiger partial charge in [0, 0.05) is 16.3 Å². The van der Waals surface area contributed by atoms with E-state index in [-0.39, 0.29) is 17.5 Å². The van der Waals surface area contributed by atoms with Gasteiger partial charge >= 0.3 is 0 Å². The van der Waals surface area contributed by atoms with Crippen LogP contribution in [-0.4, -0.2) is 38.8 Å². The molecule has 1 saturated carbocycles. The molecule has 0 amide bonds. The normalized spacial score (nSPS) is 36.8. The first-order valence-corrected chi connectivity index (χ1v) is 6.44.